The van der Waals surface area contributed by atoms with Gasteiger partial charge in [0.25, 0.3) is 11.7 Å². The smallest absolute Gasteiger partial charge is 0.283 e. The van der Waals surface area contributed by atoms with Gasteiger partial charge in [-0.3, -0.25) is 14.4 Å². The molecule has 0 N–H and O–H groups in total. The van der Waals surface area contributed by atoms with Crippen LogP contribution in [-0.2, 0) is 4.79 Å². The van der Waals surface area contributed by atoms with E-state index in [2.05, 4.69) is 0 Å². The fraction of sp³-hybridized carbons (Fsp3) is 0. The Kier molecular flexibility index (Phi) is 4.99. The molecule has 0 saturated heterocycles. The van der Waals surface area contributed by atoms with Gasteiger partial charge in [-0.1, -0.05) is 84.9 Å². The minimum atomic E-state index is -0.889. The summed E-state index contributed by atoms with van der Waals surface area (Å²) in [6, 6.07) is 29.5. The summed E-state index contributed by atoms with van der Waals surface area (Å²) in [6.45, 7) is 0. The van der Waals surface area contributed by atoms with Gasteiger partial charge < -0.3 is 0 Å². The Morgan fingerprint density at radius 3 is 1.90 bits per heavy atom. The topological polar surface area (TPSA) is 54.5 Å². The third-order valence-corrected chi connectivity index (χ3v) is 4.67. The Bertz CT molecular complexity index is 1200. The van der Waals surface area contributed by atoms with E-state index in [0.29, 0.717) is 11.3 Å². The first-order valence-corrected chi connectivity index (χ1v) is 9.18. The van der Waals surface area contributed by atoms with Gasteiger partial charge >= 0.3 is 5.91 Å². The van der Waals surface area contributed by atoms with Gasteiger partial charge in [-0.05, 0) is 29.0 Å². The molecule has 0 unspecified atom stereocenters. The molecule has 2 amide bonds. The standard InChI is InChI=1S/C25H17NO3/c27-23(19-11-3-1-4-12-19)25(29)26(20-14-5-2-6-15-20)24(28)22-17-9-13-18-10-7-8-16-21(18)22/h1-17H. The molecule has 0 fully saturated rings. The van der Waals surface area contributed by atoms with Crippen LogP contribution in [0.1, 0.15) is 20.7 Å². The van der Waals surface area contributed by atoms with E-state index in [1.54, 1.807) is 72.8 Å². The maximum absolute atomic E-state index is 13.5. The maximum Gasteiger partial charge on any atom is 0.306 e. The van der Waals surface area contributed by atoms with Crippen LogP contribution in [0.2, 0.25) is 0 Å². The van der Waals surface area contributed by atoms with Crippen LogP contribution >= 0.6 is 0 Å². The summed E-state index contributed by atoms with van der Waals surface area (Å²) in [6.07, 6.45) is 0. The van der Waals surface area contributed by atoms with Crippen molar-refractivity contribution in [2.24, 2.45) is 0 Å². The van der Waals surface area contributed by atoms with Crippen molar-refractivity contribution in [3.63, 3.8) is 0 Å². The SMILES string of the molecule is O=C(C(=O)N(C(=O)c1cccc2ccccc12)c1ccccc1)c1ccccc1. The first-order chi connectivity index (χ1) is 14.2. The Hall–Kier alpha value is -4.05. The predicted molar refractivity (Wildman–Crippen MR) is 113 cm³/mol. The van der Waals surface area contributed by atoms with Crippen LogP contribution in [0.4, 0.5) is 5.69 Å². The van der Waals surface area contributed by atoms with Crippen molar-refractivity contribution in [1.29, 1.82) is 0 Å². The summed E-state index contributed by atoms with van der Waals surface area (Å²) >= 11 is 0. The zero-order valence-corrected chi connectivity index (χ0v) is 15.5. The van der Waals surface area contributed by atoms with Gasteiger partial charge in [0.05, 0.1) is 5.69 Å². The van der Waals surface area contributed by atoms with Crippen molar-refractivity contribution in [1.82, 2.24) is 0 Å². The second-order valence-corrected chi connectivity index (χ2v) is 6.50. The molecule has 0 bridgehead atoms. The first kappa shape index (κ1) is 18.3. The van der Waals surface area contributed by atoms with E-state index >= 15 is 0 Å². The van der Waals surface area contributed by atoms with E-state index < -0.39 is 17.6 Å². The number of nitrogens with zero attached hydrogens (tertiary/aromatic N) is 1. The molecule has 0 spiro atoms. The van der Waals surface area contributed by atoms with E-state index in [1.807, 2.05) is 30.3 Å². The van der Waals surface area contributed by atoms with Gasteiger partial charge in [0.15, 0.2) is 0 Å². The zero-order chi connectivity index (χ0) is 20.2. The van der Waals surface area contributed by atoms with Crippen LogP contribution in [0.15, 0.2) is 103 Å². The lowest BCUT2D eigenvalue weighted by molar-refractivity contribution is -0.114. The van der Waals surface area contributed by atoms with Crippen LogP contribution in [0.3, 0.4) is 0 Å². The fourth-order valence-electron chi connectivity index (χ4n) is 3.25. The van der Waals surface area contributed by atoms with Gasteiger partial charge in [0.2, 0.25) is 0 Å². The van der Waals surface area contributed by atoms with Gasteiger partial charge in [-0.25, -0.2) is 4.90 Å². The van der Waals surface area contributed by atoms with Crippen molar-refractivity contribution in [3.8, 4) is 0 Å². The van der Waals surface area contributed by atoms with Crippen molar-refractivity contribution in [3.05, 3.63) is 114 Å². The first-order valence-electron chi connectivity index (χ1n) is 9.18. The molecule has 0 aliphatic heterocycles. The number of amides is 2. The number of rotatable bonds is 4. The molecule has 0 heterocycles. The molecule has 0 aromatic heterocycles. The Balaban J connectivity index is 1.82. The molecule has 4 nitrogen and oxygen atoms in total. The number of fused-ring (bicyclic) bond motifs is 1. The van der Waals surface area contributed by atoms with Crippen molar-refractivity contribution >= 4 is 34.1 Å². The molecular formula is C25H17NO3. The minimum absolute atomic E-state index is 0.240. The number of Topliss-reactive ketones (excluding diaryl/α,β-unsaturated/α-hetero) is 1. The summed E-state index contributed by atoms with van der Waals surface area (Å²) in [5.41, 5.74) is 0.949. The van der Waals surface area contributed by atoms with E-state index in [9.17, 15) is 14.4 Å². The summed E-state index contributed by atoms with van der Waals surface area (Å²) in [5, 5.41) is 1.61. The molecule has 140 valence electrons. The highest BCUT2D eigenvalue weighted by molar-refractivity contribution is 6.52. The van der Waals surface area contributed by atoms with Gasteiger partial charge in [-0.2, -0.15) is 0 Å². The number of para-hydroxylation sites is 1. The second-order valence-electron chi connectivity index (χ2n) is 6.50. The quantitative estimate of drug-likeness (QED) is 0.374. The third kappa shape index (κ3) is 3.56. The molecule has 0 atom stereocenters. The second kappa shape index (κ2) is 7.90. The predicted octanol–water partition coefficient (Wildman–Crippen LogP) is 4.90. The lowest BCUT2D eigenvalue weighted by Crippen LogP contribution is -2.41. The molecule has 4 aromatic carbocycles. The summed E-state index contributed by atoms with van der Waals surface area (Å²) in [7, 11) is 0. The number of anilines is 1. The molecule has 4 aromatic rings. The highest BCUT2D eigenvalue weighted by Gasteiger charge is 2.31. The van der Waals surface area contributed by atoms with Crippen LogP contribution in [0, 0.1) is 0 Å². The van der Waals surface area contributed by atoms with Crippen molar-refractivity contribution in [2.75, 3.05) is 4.90 Å². The monoisotopic (exact) mass is 379 g/mol. The Labute approximate surface area is 168 Å². The van der Waals surface area contributed by atoms with E-state index in [0.717, 1.165) is 15.7 Å². The van der Waals surface area contributed by atoms with E-state index in [1.165, 1.54) is 0 Å². The molecule has 0 saturated carbocycles. The van der Waals surface area contributed by atoms with Crippen LogP contribution in [0.5, 0.6) is 0 Å². The molecular weight excluding hydrogens is 362 g/mol. The highest BCUT2D eigenvalue weighted by atomic mass is 16.2. The Morgan fingerprint density at radius 2 is 1.17 bits per heavy atom. The number of imide groups is 1. The van der Waals surface area contributed by atoms with Gasteiger partial charge in [0.1, 0.15) is 0 Å². The molecule has 0 aliphatic rings. The third-order valence-electron chi connectivity index (χ3n) is 4.67. The fourth-order valence-corrected chi connectivity index (χ4v) is 3.25. The van der Waals surface area contributed by atoms with Crippen molar-refractivity contribution in [2.45, 2.75) is 0 Å². The Morgan fingerprint density at radius 1 is 0.586 bits per heavy atom. The number of hydrogen-bond acceptors (Lipinski definition) is 3. The lowest BCUT2D eigenvalue weighted by atomic mass is 10.0. The van der Waals surface area contributed by atoms with Crippen LogP contribution < -0.4 is 4.90 Å². The van der Waals surface area contributed by atoms with Crippen molar-refractivity contribution < 1.29 is 14.4 Å². The number of benzene rings is 4. The molecule has 4 heteroatoms. The van der Waals surface area contributed by atoms with E-state index in [4.69, 9.17) is 0 Å². The minimum Gasteiger partial charge on any atom is -0.283 e. The number of ketones is 1. The normalized spacial score (nSPS) is 10.5. The highest BCUT2D eigenvalue weighted by Crippen LogP contribution is 2.24. The zero-order valence-electron chi connectivity index (χ0n) is 15.5. The van der Waals surface area contributed by atoms with Crippen LogP contribution in [-0.4, -0.2) is 17.6 Å². The average Bonchev–Trinajstić information content (AvgIpc) is 2.79. The number of hydrogen-bond donors (Lipinski definition) is 0. The maximum atomic E-state index is 13.5. The molecule has 29 heavy (non-hydrogen) atoms. The molecule has 4 rings (SSSR count). The average molecular weight is 379 g/mol. The van der Waals surface area contributed by atoms with Crippen LogP contribution in [0.25, 0.3) is 10.8 Å². The number of carbonyl (C=O) groups excluding carboxylic acids is 3. The van der Waals surface area contributed by atoms with E-state index in [-0.39, 0.29) is 5.56 Å². The van der Waals surface area contributed by atoms with Gasteiger partial charge in [-0.15, -0.1) is 0 Å². The summed E-state index contributed by atoms with van der Waals surface area (Å²) < 4.78 is 0. The molecule has 0 aliphatic carbocycles. The largest absolute Gasteiger partial charge is 0.306 e. The number of carbonyl (C=O) groups is 3. The summed E-state index contributed by atoms with van der Waals surface area (Å²) in [5.74, 6) is -2.16. The van der Waals surface area contributed by atoms with Gasteiger partial charge in [0, 0.05) is 11.1 Å². The lowest BCUT2D eigenvalue weighted by Gasteiger charge is -2.21. The summed E-state index contributed by atoms with van der Waals surface area (Å²) in [4.78, 5) is 40.4. The molecule has 0 radical (unpaired) electrons.